The van der Waals surface area contributed by atoms with Crippen LogP contribution in [0.3, 0.4) is 0 Å². The van der Waals surface area contributed by atoms with E-state index in [0.717, 1.165) is 26.1 Å². The van der Waals surface area contributed by atoms with E-state index in [2.05, 4.69) is 41.0 Å². The standard InChI is InChI=1S/C20H30N2O/c1-3-12-22-13-8-7-11-20(22)14-17-9-5-6-10-18(17)15-21(16-20)19(23)4-2/h5-6,9-10H,3-4,7-8,11-16H2,1-2H3. The molecule has 0 saturated carbocycles. The summed E-state index contributed by atoms with van der Waals surface area (Å²) in [6.07, 6.45) is 6.68. The third kappa shape index (κ3) is 3.30. The number of piperidine rings is 1. The molecule has 3 rings (SSSR count). The van der Waals surface area contributed by atoms with E-state index >= 15 is 0 Å². The smallest absolute Gasteiger partial charge is 0.222 e. The number of fused-ring (bicyclic) bond motifs is 1. The number of likely N-dealkylation sites (tertiary alicyclic amines) is 1. The molecule has 1 spiro atoms. The van der Waals surface area contributed by atoms with Crippen LogP contribution in [0.4, 0.5) is 0 Å². The van der Waals surface area contributed by atoms with Crippen molar-refractivity contribution in [1.29, 1.82) is 0 Å². The van der Waals surface area contributed by atoms with Gasteiger partial charge < -0.3 is 4.90 Å². The molecule has 1 fully saturated rings. The van der Waals surface area contributed by atoms with Gasteiger partial charge in [0.1, 0.15) is 0 Å². The van der Waals surface area contributed by atoms with Gasteiger partial charge in [-0.1, -0.05) is 44.5 Å². The van der Waals surface area contributed by atoms with Gasteiger partial charge in [0, 0.05) is 25.0 Å². The van der Waals surface area contributed by atoms with Gasteiger partial charge in [0.05, 0.1) is 0 Å². The number of carbonyl (C=O) groups excluding carboxylic acids is 1. The van der Waals surface area contributed by atoms with Crippen LogP contribution in [-0.2, 0) is 17.8 Å². The molecule has 1 saturated heterocycles. The summed E-state index contributed by atoms with van der Waals surface area (Å²) in [5.74, 6) is 0.295. The van der Waals surface area contributed by atoms with Crippen molar-refractivity contribution in [2.24, 2.45) is 0 Å². The quantitative estimate of drug-likeness (QED) is 0.851. The van der Waals surface area contributed by atoms with Crippen LogP contribution in [0.15, 0.2) is 24.3 Å². The first kappa shape index (κ1) is 16.5. The average Bonchev–Trinajstić information content (AvgIpc) is 2.73. The zero-order valence-electron chi connectivity index (χ0n) is 14.7. The van der Waals surface area contributed by atoms with Crippen molar-refractivity contribution < 1.29 is 4.79 Å². The van der Waals surface area contributed by atoms with E-state index in [1.807, 2.05) is 6.92 Å². The minimum Gasteiger partial charge on any atom is -0.337 e. The Hall–Kier alpha value is -1.35. The number of amides is 1. The van der Waals surface area contributed by atoms with E-state index in [1.165, 1.54) is 43.4 Å². The van der Waals surface area contributed by atoms with Gasteiger partial charge in [0.15, 0.2) is 0 Å². The fourth-order valence-electron chi connectivity index (χ4n) is 4.46. The fraction of sp³-hybridized carbons (Fsp3) is 0.650. The van der Waals surface area contributed by atoms with Crippen molar-refractivity contribution >= 4 is 5.91 Å². The van der Waals surface area contributed by atoms with Gasteiger partial charge in [-0.3, -0.25) is 9.69 Å². The van der Waals surface area contributed by atoms with Crippen molar-refractivity contribution in [2.75, 3.05) is 19.6 Å². The van der Waals surface area contributed by atoms with Gasteiger partial charge in [-0.15, -0.1) is 0 Å². The number of carbonyl (C=O) groups is 1. The van der Waals surface area contributed by atoms with Crippen molar-refractivity contribution in [2.45, 2.75) is 64.5 Å². The summed E-state index contributed by atoms with van der Waals surface area (Å²) in [7, 11) is 0. The zero-order chi connectivity index (χ0) is 16.3. The molecule has 0 radical (unpaired) electrons. The molecule has 2 aliphatic heterocycles. The number of hydrogen-bond acceptors (Lipinski definition) is 2. The molecular weight excluding hydrogens is 284 g/mol. The van der Waals surface area contributed by atoms with Crippen LogP contribution >= 0.6 is 0 Å². The Balaban J connectivity index is 1.99. The molecule has 1 unspecified atom stereocenters. The molecule has 3 nitrogen and oxygen atoms in total. The van der Waals surface area contributed by atoms with E-state index in [-0.39, 0.29) is 5.54 Å². The molecule has 3 heteroatoms. The van der Waals surface area contributed by atoms with Crippen LogP contribution in [0, 0.1) is 0 Å². The summed E-state index contributed by atoms with van der Waals surface area (Å²) >= 11 is 0. The Morgan fingerprint density at radius 2 is 1.96 bits per heavy atom. The van der Waals surface area contributed by atoms with Crippen LogP contribution in [0.1, 0.15) is 57.1 Å². The first-order valence-corrected chi connectivity index (χ1v) is 9.28. The lowest BCUT2D eigenvalue weighted by Crippen LogP contribution is -2.59. The molecule has 2 aliphatic rings. The number of nitrogens with zero attached hydrogens (tertiary/aromatic N) is 2. The second-order valence-corrected chi connectivity index (χ2v) is 7.22. The lowest BCUT2D eigenvalue weighted by Gasteiger charge is -2.48. The monoisotopic (exact) mass is 314 g/mol. The molecule has 1 atom stereocenters. The maximum atomic E-state index is 12.5. The van der Waals surface area contributed by atoms with E-state index in [4.69, 9.17) is 0 Å². The summed E-state index contributed by atoms with van der Waals surface area (Å²) in [5, 5.41) is 0. The number of rotatable bonds is 3. The molecule has 0 bridgehead atoms. The van der Waals surface area contributed by atoms with E-state index in [0.29, 0.717) is 12.3 Å². The van der Waals surface area contributed by atoms with Gasteiger partial charge in [0.25, 0.3) is 0 Å². The van der Waals surface area contributed by atoms with Crippen molar-refractivity contribution in [3.8, 4) is 0 Å². The molecule has 126 valence electrons. The number of hydrogen-bond donors (Lipinski definition) is 0. The Morgan fingerprint density at radius 1 is 1.17 bits per heavy atom. The molecule has 0 aliphatic carbocycles. The van der Waals surface area contributed by atoms with Crippen LogP contribution in [0.5, 0.6) is 0 Å². The van der Waals surface area contributed by atoms with Gasteiger partial charge in [-0.25, -0.2) is 0 Å². The largest absolute Gasteiger partial charge is 0.337 e. The Kier molecular flexibility index (Phi) is 5.05. The predicted octanol–water partition coefficient (Wildman–Crippen LogP) is 3.62. The molecule has 0 aromatic heterocycles. The second kappa shape index (κ2) is 7.04. The lowest BCUT2D eigenvalue weighted by molar-refractivity contribution is -0.134. The molecule has 0 N–H and O–H groups in total. The highest BCUT2D eigenvalue weighted by atomic mass is 16.2. The first-order chi connectivity index (χ1) is 11.2. The van der Waals surface area contributed by atoms with Crippen molar-refractivity contribution in [3.63, 3.8) is 0 Å². The minimum atomic E-state index is 0.145. The van der Waals surface area contributed by atoms with Crippen molar-refractivity contribution in [1.82, 2.24) is 9.80 Å². The summed E-state index contributed by atoms with van der Waals surface area (Å²) in [6.45, 7) is 8.26. The fourth-order valence-corrected chi connectivity index (χ4v) is 4.46. The van der Waals surface area contributed by atoms with Gasteiger partial charge in [-0.05, 0) is 49.9 Å². The molecular formula is C20H30N2O. The van der Waals surface area contributed by atoms with Gasteiger partial charge in [0.2, 0.25) is 5.91 Å². The molecule has 23 heavy (non-hydrogen) atoms. The highest BCUT2D eigenvalue weighted by Gasteiger charge is 2.42. The van der Waals surface area contributed by atoms with Crippen molar-refractivity contribution in [3.05, 3.63) is 35.4 Å². The highest BCUT2D eigenvalue weighted by Crippen LogP contribution is 2.36. The third-order valence-corrected chi connectivity index (χ3v) is 5.62. The van der Waals surface area contributed by atoms with Crippen LogP contribution < -0.4 is 0 Å². The molecule has 1 aromatic carbocycles. The van der Waals surface area contributed by atoms with E-state index < -0.39 is 0 Å². The van der Waals surface area contributed by atoms with E-state index in [1.54, 1.807) is 0 Å². The topological polar surface area (TPSA) is 23.6 Å². The predicted molar refractivity (Wildman–Crippen MR) is 94.3 cm³/mol. The van der Waals surface area contributed by atoms with E-state index in [9.17, 15) is 4.79 Å². The first-order valence-electron chi connectivity index (χ1n) is 9.28. The summed E-state index contributed by atoms with van der Waals surface area (Å²) in [5.41, 5.74) is 2.93. The average molecular weight is 314 g/mol. The maximum absolute atomic E-state index is 12.5. The highest BCUT2D eigenvalue weighted by molar-refractivity contribution is 5.76. The maximum Gasteiger partial charge on any atom is 0.222 e. The van der Waals surface area contributed by atoms with Crippen LogP contribution in [0.25, 0.3) is 0 Å². The normalized spacial score (nSPS) is 25.2. The minimum absolute atomic E-state index is 0.145. The molecule has 1 amide bonds. The summed E-state index contributed by atoms with van der Waals surface area (Å²) < 4.78 is 0. The molecule has 2 heterocycles. The van der Waals surface area contributed by atoms with Crippen LogP contribution in [0.2, 0.25) is 0 Å². The summed E-state index contributed by atoms with van der Waals surface area (Å²) in [4.78, 5) is 17.3. The Bertz CT molecular complexity index is 554. The SMILES string of the molecule is CCCN1CCCCC12Cc1ccccc1CN(C(=O)CC)C2. The Morgan fingerprint density at radius 3 is 2.70 bits per heavy atom. The Labute approximate surface area is 140 Å². The molecule has 1 aromatic rings. The zero-order valence-corrected chi connectivity index (χ0v) is 14.7. The van der Waals surface area contributed by atoms with Gasteiger partial charge >= 0.3 is 0 Å². The second-order valence-electron chi connectivity index (χ2n) is 7.22. The van der Waals surface area contributed by atoms with Crippen LogP contribution in [-0.4, -0.2) is 40.9 Å². The third-order valence-electron chi connectivity index (χ3n) is 5.62. The van der Waals surface area contributed by atoms with Gasteiger partial charge in [-0.2, -0.15) is 0 Å². The summed E-state index contributed by atoms with van der Waals surface area (Å²) in [6, 6.07) is 8.74. The number of benzene rings is 1. The lowest BCUT2D eigenvalue weighted by atomic mass is 9.80.